The van der Waals surface area contributed by atoms with Crippen LogP contribution in [0, 0.1) is 0 Å². The fourth-order valence-electron chi connectivity index (χ4n) is 2.75. The molecule has 0 spiro atoms. The Labute approximate surface area is 155 Å². The van der Waals surface area contributed by atoms with Gasteiger partial charge in [0.1, 0.15) is 0 Å². The second-order valence-electron chi connectivity index (χ2n) is 5.68. The molecule has 4 rings (SSSR count). The van der Waals surface area contributed by atoms with Crippen molar-refractivity contribution in [3.05, 3.63) is 70.9 Å². The molecule has 26 heavy (non-hydrogen) atoms. The second-order valence-corrected chi connectivity index (χ2v) is 7.03. The molecule has 2 aromatic carbocycles. The lowest BCUT2D eigenvalue weighted by atomic mass is 10.1. The molecule has 2 heterocycles. The number of thioether (sulfide) groups is 1. The van der Waals surface area contributed by atoms with Gasteiger partial charge in [-0.1, -0.05) is 65.8 Å². The van der Waals surface area contributed by atoms with E-state index in [0.29, 0.717) is 10.9 Å². The van der Waals surface area contributed by atoms with Gasteiger partial charge >= 0.3 is 6.18 Å². The van der Waals surface area contributed by atoms with Crippen molar-refractivity contribution in [2.24, 2.45) is 0 Å². The molecule has 3 nitrogen and oxygen atoms in total. The summed E-state index contributed by atoms with van der Waals surface area (Å²) in [5.74, 6) is 0.552. The summed E-state index contributed by atoms with van der Waals surface area (Å²) in [5.41, 5.74) is 0.449. The smallest absolute Gasteiger partial charge is 0.276 e. The van der Waals surface area contributed by atoms with Crippen molar-refractivity contribution in [3.8, 4) is 0 Å². The Kier molecular flexibility index (Phi) is 4.28. The Morgan fingerprint density at radius 1 is 1.04 bits per heavy atom. The minimum Gasteiger partial charge on any atom is -0.276 e. The summed E-state index contributed by atoms with van der Waals surface area (Å²) in [5, 5.41) is 10.4. The second kappa shape index (κ2) is 6.48. The van der Waals surface area contributed by atoms with Gasteiger partial charge in [-0.15, -0.1) is 10.2 Å². The zero-order valence-corrected chi connectivity index (χ0v) is 14.7. The molecule has 0 saturated carbocycles. The van der Waals surface area contributed by atoms with Crippen molar-refractivity contribution in [1.29, 1.82) is 0 Å². The summed E-state index contributed by atoms with van der Waals surface area (Å²) < 4.78 is 40.4. The average molecular weight is 394 g/mol. The van der Waals surface area contributed by atoms with Crippen LogP contribution in [0.3, 0.4) is 0 Å². The summed E-state index contributed by atoms with van der Waals surface area (Å²) in [6.45, 7) is 0. The lowest BCUT2D eigenvalue weighted by Crippen LogP contribution is -2.07. The number of fused-ring (bicyclic) bond motifs is 2. The molecule has 2 aromatic heterocycles. The van der Waals surface area contributed by atoms with Gasteiger partial charge in [0.05, 0.1) is 10.6 Å². The van der Waals surface area contributed by atoms with E-state index in [-0.39, 0.29) is 10.7 Å². The molecule has 0 saturated heterocycles. The molecule has 8 heteroatoms. The number of benzene rings is 2. The molecule has 0 N–H and O–H groups in total. The van der Waals surface area contributed by atoms with Crippen molar-refractivity contribution in [1.82, 2.24) is 14.6 Å². The Morgan fingerprint density at radius 3 is 2.62 bits per heavy atom. The standard InChI is InChI=1S/C18H11ClF3N3S/c19-15-8-13(18(20,21)22)9-25-16(15)23-24-17(25)26-10-12-6-3-5-11-4-1-2-7-14(11)12/h1-9H,10H2. The van der Waals surface area contributed by atoms with Crippen molar-refractivity contribution in [2.75, 3.05) is 0 Å². The predicted molar refractivity (Wildman–Crippen MR) is 96.5 cm³/mol. The number of pyridine rings is 1. The fraction of sp³-hybridized carbons (Fsp3) is 0.111. The monoisotopic (exact) mass is 393 g/mol. The molecule has 0 aliphatic carbocycles. The highest BCUT2D eigenvalue weighted by atomic mass is 35.5. The first kappa shape index (κ1) is 17.2. The zero-order valence-electron chi connectivity index (χ0n) is 13.2. The highest BCUT2D eigenvalue weighted by Crippen LogP contribution is 2.34. The van der Waals surface area contributed by atoms with Crippen LogP contribution in [0.15, 0.2) is 59.9 Å². The van der Waals surface area contributed by atoms with E-state index in [1.165, 1.54) is 16.2 Å². The van der Waals surface area contributed by atoms with Crippen LogP contribution in [-0.2, 0) is 11.9 Å². The predicted octanol–water partition coefficient (Wildman–Crippen LogP) is 5.85. The molecule has 0 aliphatic rings. The van der Waals surface area contributed by atoms with Gasteiger partial charge in [-0.25, -0.2) is 0 Å². The van der Waals surface area contributed by atoms with Crippen LogP contribution in [0.4, 0.5) is 13.2 Å². The van der Waals surface area contributed by atoms with Crippen molar-refractivity contribution < 1.29 is 13.2 Å². The summed E-state index contributed by atoms with van der Waals surface area (Å²) in [6, 6.07) is 14.8. The quantitative estimate of drug-likeness (QED) is 0.409. The number of rotatable bonds is 3. The minimum absolute atomic E-state index is 0.0793. The summed E-state index contributed by atoms with van der Waals surface area (Å²) in [4.78, 5) is 0. The Hall–Kier alpha value is -2.25. The number of alkyl halides is 3. The molecule has 4 aromatic rings. The first-order valence-electron chi connectivity index (χ1n) is 7.64. The maximum Gasteiger partial charge on any atom is 0.417 e. The molecule has 0 aliphatic heterocycles. The van der Waals surface area contributed by atoms with Gasteiger partial charge in [-0.2, -0.15) is 13.2 Å². The van der Waals surface area contributed by atoms with Crippen LogP contribution >= 0.6 is 23.4 Å². The third-order valence-corrected chi connectivity index (χ3v) is 5.26. The van der Waals surface area contributed by atoms with Gasteiger partial charge in [0.2, 0.25) is 0 Å². The third-order valence-electron chi connectivity index (χ3n) is 3.99. The van der Waals surface area contributed by atoms with Crippen LogP contribution in [0.2, 0.25) is 5.02 Å². The van der Waals surface area contributed by atoms with E-state index in [1.54, 1.807) is 0 Å². The first-order valence-corrected chi connectivity index (χ1v) is 9.01. The largest absolute Gasteiger partial charge is 0.417 e. The number of aromatic nitrogens is 3. The SMILES string of the molecule is FC(F)(F)c1cc(Cl)c2nnc(SCc3cccc4ccccc34)n2c1. The Bertz CT molecular complexity index is 1100. The van der Waals surface area contributed by atoms with Crippen LogP contribution in [0.1, 0.15) is 11.1 Å². The van der Waals surface area contributed by atoms with E-state index in [0.717, 1.165) is 28.6 Å². The van der Waals surface area contributed by atoms with Gasteiger partial charge in [-0.05, 0) is 22.4 Å². The zero-order chi connectivity index (χ0) is 18.3. The van der Waals surface area contributed by atoms with Crippen molar-refractivity contribution >= 4 is 39.8 Å². The topological polar surface area (TPSA) is 30.2 Å². The summed E-state index contributed by atoms with van der Waals surface area (Å²) >= 11 is 7.26. The van der Waals surface area contributed by atoms with E-state index >= 15 is 0 Å². The van der Waals surface area contributed by atoms with E-state index < -0.39 is 11.7 Å². The van der Waals surface area contributed by atoms with Gasteiger partial charge in [-0.3, -0.25) is 4.40 Å². The van der Waals surface area contributed by atoms with Gasteiger partial charge in [0, 0.05) is 11.9 Å². The minimum atomic E-state index is -4.49. The number of hydrogen-bond donors (Lipinski definition) is 0. The van der Waals surface area contributed by atoms with E-state index in [4.69, 9.17) is 11.6 Å². The lowest BCUT2D eigenvalue weighted by molar-refractivity contribution is -0.137. The molecule has 0 atom stereocenters. The fourth-order valence-corrected chi connectivity index (χ4v) is 3.91. The Balaban J connectivity index is 1.70. The average Bonchev–Trinajstić information content (AvgIpc) is 3.03. The molecule has 0 amide bonds. The highest BCUT2D eigenvalue weighted by Gasteiger charge is 2.32. The lowest BCUT2D eigenvalue weighted by Gasteiger charge is -2.09. The van der Waals surface area contributed by atoms with E-state index in [9.17, 15) is 13.2 Å². The number of nitrogens with zero attached hydrogens (tertiary/aromatic N) is 3. The van der Waals surface area contributed by atoms with E-state index in [1.807, 2.05) is 42.5 Å². The Morgan fingerprint density at radius 2 is 1.81 bits per heavy atom. The van der Waals surface area contributed by atoms with Crippen LogP contribution in [-0.4, -0.2) is 14.6 Å². The molecular formula is C18H11ClF3N3S. The molecule has 0 bridgehead atoms. The van der Waals surface area contributed by atoms with Crippen LogP contribution in [0.5, 0.6) is 0 Å². The summed E-state index contributed by atoms with van der Waals surface area (Å²) in [6.07, 6.45) is -3.51. The molecule has 0 unspecified atom stereocenters. The molecular weight excluding hydrogens is 383 g/mol. The third kappa shape index (κ3) is 3.12. The normalized spacial score (nSPS) is 12.2. The maximum absolute atomic E-state index is 13.0. The molecule has 0 radical (unpaired) electrons. The highest BCUT2D eigenvalue weighted by molar-refractivity contribution is 7.98. The molecule has 132 valence electrons. The summed E-state index contributed by atoms with van der Waals surface area (Å²) in [7, 11) is 0. The number of hydrogen-bond acceptors (Lipinski definition) is 3. The van der Waals surface area contributed by atoms with Gasteiger partial charge in [0.25, 0.3) is 0 Å². The van der Waals surface area contributed by atoms with Gasteiger partial charge in [0.15, 0.2) is 10.8 Å². The van der Waals surface area contributed by atoms with Crippen molar-refractivity contribution in [2.45, 2.75) is 17.1 Å². The molecule has 0 fully saturated rings. The first-order chi connectivity index (χ1) is 12.4. The number of halogens is 4. The van der Waals surface area contributed by atoms with Crippen LogP contribution in [0.25, 0.3) is 16.4 Å². The van der Waals surface area contributed by atoms with Crippen molar-refractivity contribution in [3.63, 3.8) is 0 Å². The van der Waals surface area contributed by atoms with Crippen LogP contribution < -0.4 is 0 Å². The maximum atomic E-state index is 13.0. The van der Waals surface area contributed by atoms with E-state index in [2.05, 4.69) is 10.2 Å². The van der Waals surface area contributed by atoms with Gasteiger partial charge < -0.3 is 0 Å².